The van der Waals surface area contributed by atoms with Crippen LogP contribution in [0, 0.1) is 11.8 Å². The van der Waals surface area contributed by atoms with Gasteiger partial charge in [0.2, 0.25) is 0 Å². The smallest absolute Gasteiger partial charge is 0.192 e. The molecular formula is C22H30O6Si. The number of Topliss-reactive ketones (excluding diaryl/α,β-unsaturated/α-hetero) is 1. The Labute approximate surface area is 172 Å². The van der Waals surface area contributed by atoms with E-state index >= 15 is 0 Å². The van der Waals surface area contributed by atoms with Crippen molar-refractivity contribution in [1.82, 2.24) is 0 Å². The van der Waals surface area contributed by atoms with Gasteiger partial charge in [-0.3, -0.25) is 9.59 Å². The van der Waals surface area contributed by atoms with Crippen molar-refractivity contribution < 1.29 is 29.0 Å². The molecule has 29 heavy (non-hydrogen) atoms. The summed E-state index contributed by atoms with van der Waals surface area (Å²) in [6.45, 7) is 10.7. The lowest BCUT2D eigenvalue weighted by Gasteiger charge is -2.47. The Hall–Kier alpha value is -2.12. The zero-order valence-electron chi connectivity index (χ0n) is 17.9. The first kappa shape index (κ1) is 21.6. The number of ketones is 2. The molecule has 3 rings (SSSR count). The van der Waals surface area contributed by atoms with Crippen LogP contribution in [0.15, 0.2) is 30.0 Å². The molecule has 1 aromatic rings. The number of carbonyl (C=O) groups is 2. The van der Waals surface area contributed by atoms with Gasteiger partial charge in [-0.2, -0.15) is 0 Å². The molecule has 7 heteroatoms. The standard InChI is InChI=1S/C22H30O6Si/c1-22(2,3)29(5,6)28-18-10-13-15(24)11-17(27-4)20(21(13)26)19(18)12-7-8-14(23)16(25)9-12/h7-9,11,13,18-20,23,25H,10H2,1-6H3/t13-,18-,19+,20-/m0/s1. The largest absolute Gasteiger partial charge is 0.504 e. The number of aromatic hydroxyl groups is 2. The van der Waals surface area contributed by atoms with Gasteiger partial charge in [0.1, 0.15) is 5.76 Å². The Bertz CT molecular complexity index is 867. The second-order valence-corrected chi connectivity index (χ2v) is 14.3. The summed E-state index contributed by atoms with van der Waals surface area (Å²) < 4.78 is 12.1. The minimum absolute atomic E-state index is 0.0465. The Balaban J connectivity index is 2.13. The number of fused-ring (bicyclic) bond motifs is 2. The molecule has 0 aliphatic heterocycles. The van der Waals surface area contributed by atoms with E-state index in [9.17, 15) is 19.8 Å². The summed E-state index contributed by atoms with van der Waals surface area (Å²) in [6, 6.07) is 4.58. The third kappa shape index (κ3) is 3.73. The molecule has 1 saturated carbocycles. The molecule has 1 fully saturated rings. The number of benzene rings is 1. The second kappa shape index (κ2) is 7.29. The van der Waals surface area contributed by atoms with E-state index in [4.69, 9.17) is 9.16 Å². The first-order valence-corrected chi connectivity index (χ1v) is 12.8. The lowest BCUT2D eigenvalue weighted by molar-refractivity contribution is -0.141. The number of hydrogen-bond acceptors (Lipinski definition) is 6. The minimum Gasteiger partial charge on any atom is -0.504 e. The molecule has 4 atom stereocenters. The average molecular weight is 419 g/mol. The summed E-state index contributed by atoms with van der Waals surface area (Å²) in [5.41, 5.74) is 0.679. The third-order valence-electron chi connectivity index (χ3n) is 6.68. The van der Waals surface area contributed by atoms with Gasteiger partial charge in [-0.05, 0) is 42.2 Å². The van der Waals surface area contributed by atoms with Crippen LogP contribution in [-0.2, 0) is 18.8 Å². The number of phenolic OH excluding ortho intramolecular Hbond substituents is 2. The van der Waals surface area contributed by atoms with Gasteiger partial charge >= 0.3 is 0 Å². The first-order valence-electron chi connectivity index (χ1n) is 9.90. The number of rotatable bonds is 4. The summed E-state index contributed by atoms with van der Waals surface area (Å²) in [5, 5.41) is 19.8. The van der Waals surface area contributed by atoms with Gasteiger partial charge in [-0.1, -0.05) is 26.8 Å². The van der Waals surface area contributed by atoms with Crippen LogP contribution in [0.2, 0.25) is 18.1 Å². The summed E-state index contributed by atoms with van der Waals surface area (Å²) in [7, 11) is -0.756. The summed E-state index contributed by atoms with van der Waals surface area (Å²) in [4.78, 5) is 25.7. The quantitative estimate of drug-likeness (QED) is 0.438. The van der Waals surface area contributed by atoms with Crippen molar-refractivity contribution >= 4 is 19.9 Å². The number of ether oxygens (including phenoxy) is 1. The highest BCUT2D eigenvalue weighted by Gasteiger charge is 2.54. The van der Waals surface area contributed by atoms with E-state index < -0.39 is 26.1 Å². The molecule has 0 saturated heterocycles. The number of allylic oxidation sites excluding steroid dienone is 2. The molecule has 2 aliphatic carbocycles. The average Bonchev–Trinajstić information content (AvgIpc) is 2.60. The van der Waals surface area contributed by atoms with Crippen molar-refractivity contribution in [3.63, 3.8) is 0 Å². The van der Waals surface area contributed by atoms with Gasteiger partial charge in [0.15, 0.2) is 31.4 Å². The molecule has 2 N–H and O–H groups in total. The van der Waals surface area contributed by atoms with Crippen molar-refractivity contribution in [2.24, 2.45) is 11.8 Å². The van der Waals surface area contributed by atoms with Crippen LogP contribution in [0.5, 0.6) is 11.5 Å². The maximum absolute atomic E-state index is 13.1. The van der Waals surface area contributed by atoms with E-state index in [-0.39, 0.29) is 34.2 Å². The Kier molecular flexibility index (Phi) is 5.42. The van der Waals surface area contributed by atoms with E-state index in [0.29, 0.717) is 17.7 Å². The van der Waals surface area contributed by atoms with Gasteiger partial charge in [0.25, 0.3) is 0 Å². The van der Waals surface area contributed by atoms with Crippen LogP contribution in [-0.4, -0.2) is 43.3 Å². The summed E-state index contributed by atoms with van der Waals surface area (Å²) >= 11 is 0. The van der Waals surface area contributed by atoms with Gasteiger partial charge in [-0.25, -0.2) is 0 Å². The summed E-state index contributed by atoms with van der Waals surface area (Å²) in [6.07, 6.45) is 1.35. The fourth-order valence-electron chi connectivity index (χ4n) is 4.02. The van der Waals surface area contributed by atoms with E-state index in [0.717, 1.165) is 0 Å². The Morgan fingerprint density at radius 1 is 1.10 bits per heavy atom. The number of carbonyl (C=O) groups excluding carboxylic acids is 2. The molecule has 0 radical (unpaired) electrons. The van der Waals surface area contributed by atoms with Crippen molar-refractivity contribution in [3.8, 4) is 11.5 Å². The molecular weight excluding hydrogens is 388 g/mol. The van der Waals surface area contributed by atoms with Crippen LogP contribution < -0.4 is 0 Å². The molecule has 0 unspecified atom stereocenters. The first-order chi connectivity index (χ1) is 13.4. The zero-order valence-corrected chi connectivity index (χ0v) is 18.9. The highest BCUT2D eigenvalue weighted by Crippen LogP contribution is 2.50. The zero-order chi connectivity index (χ0) is 21.7. The van der Waals surface area contributed by atoms with Gasteiger partial charge in [0.05, 0.1) is 25.0 Å². The lowest BCUT2D eigenvalue weighted by Crippen LogP contribution is -2.53. The fraction of sp³-hybridized carbons (Fsp3) is 0.545. The van der Waals surface area contributed by atoms with Crippen molar-refractivity contribution in [1.29, 1.82) is 0 Å². The van der Waals surface area contributed by atoms with Gasteiger partial charge in [-0.15, -0.1) is 0 Å². The van der Waals surface area contributed by atoms with Crippen molar-refractivity contribution in [3.05, 3.63) is 35.6 Å². The van der Waals surface area contributed by atoms with Crippen LogP contribution >= 0.6 is 0 Å². The molecule has 0 aromatic heterocycles. The van der Waals surface area contributed by atoms with E-state index in [1.165, 1.54) is 25.3 Å². The topological polar surface area (TPSA) is 93.1 Å². The van der Waals surface area contributed by atoms with Crippen molar-refractivity contribution in [2.45, 2.75) is 57.3 Å². The van der Waals surface area contributed by atoms with Crippen LogP contribution in [0.4, 0.5) is 0 Å². The predicted molar refractivity (Wildman–Crippen MR) is 111 cm³/mol. The van der Waals surface area contributed by atoms with Gasteiger partial charge < -0.3 is 19.4 Å². The minimum atomic E-state index is -2.21. The third-order valence-corrected chi connectivity index (χ3v) is 11.2. The molecule has 158 valence electrons. The molecule has 6 nitrogen and oxygen atoms in total. The highest BCUT2D eigenvalue weighted by molar-refractivity contribution is 6.74. The Morgan fingerprint density at radius 3 is 2.31 bits per heavy atom. The van der Waals surface area contributed by atoms with Crippen molar-refractivity contribution in [2.75, 3.05) is 7.11 Å². The van der Waals surface area contributed by atoms with E-state index in [2.05, 4.69) is 33.9 Å². The number of phenols is 2. The maximum Gasteiger partial charge on any atom is 0.192 e. The maximum atomic E-state index is 13.1. The van der Waals surface area contributed by atoms with Gasteiger partial charge in [0, 0.05) is 12.0 Å². The predicted octanol–water partition coefficient (Wildman–Crippen LogP) is 3.89. The number of hydrogen-bond donors (Lipinski definition) is 2. The molecule has 0 spiro atoms. The Morgan fingerprint density at radius 2 is 1.76 bits per heavy atom. The number of methoxy groups -OCH3 is 1. The summed E-state index contributed by atoms with van der Waals surface area (Å²) in [5.74, 6) is -2.35. The monoisotopic (exact) mass is 418 g/mol. The SMILES string of the molecule is COC1=CC(=O)[C@@H]2C[C@H](O[Si](C)(C)C(C)(C)C)[C@@H](c3ccc(O)c(O)c3)[C@H]1C2=O. The van der Waals surface area contributed by atoms with Crippen LogP contribution in [0.3, 0.4) is 0 Å². The second-order valence-electron chi connectivity index (χ2n) is 9.51. The fourth-order valence-corrected chi connectivity index (χ4v) is 5.38. The molecule has 0 amide bonds. The van der Waals surface area contributed by atoms with Crippen LogP contribution in [0.1, 0.15) is 38.7 Å². The molecule has 1 aromatic carbocycles. The molecule has 2 aliphatic rings. The molecule has 0 heterocycles. The highest BCUT2D eigenvalue weighted by atomic mass is 28.4. The van der Waals surface area contributed by atoms with E-state index in [1.807, 2.05) is 0 Å². The normalized spacial score (nSPS) is 27.6. The molecule has 2 bridgehead atoms. The van der Waals surface area contributed by atoms with E-state index in [1.54, 1.807) is 6.07 Å². The van der Waals surface area contributed by atoms with Crippen LogP contribution in [0.25, 0.3) is 0 Å². The lowest BCUT2D eigenvalue weighted by atomic mass is 9.64.